The maximum absolute atomic E-state index is 12.1. The van der Waals surface area contributed by atoms with Gasteiger partial charge in [0.05, 0.1) is 12.7 Å². The summed E-state index contributed by atoms with van der Waals surface area (Å²) in [4.78, 5) is 37.2. The van der Waals surface area contributed by atoms with Gasteiger partial charge in [-0.1, -0.05) is 12.1 Å². The molecule has 1 fully saturated rings. The smallest absolute Gasteiger partial charge is 0.337 e. The van der Waals surface area contributed by atoms with Crippen LogP contribution in [0.5, 0.6) is 5.75 Å². The van der Waals surface area contributed by atoms with Crippen LogP contribution >= 0.6 is 0 Å². The first-order valence-electron chi connectivity index (χ1n) is 8.58. The average Bonchev–Trinajstić information content (AvgIpc) is 3.12. The lowest BCUT2D eigenvalue weighted by Crippen LogP contribution is -2.24. The third-order valence-electron chi connectivity index (χ3n) is 4.14. The number of hydrogen-bond acceptors (Lipinski definition) is 5. The predicted octanol–water partition coefficient (Wildman–Crippen LogP) is 2.62. The Bertz CT molecular complexity index is 865. The summed E-state index contributed by atoms with van der Waals surface area (Å²) in [5, 5.41) is 2.67. The second-order valence-corrected chi connectivity index (χ2v) is 6.06. The van der Waals surface area contributed by atoms with E-state index in [1.165, 1.54) is 13.2 Å². The molecule has 7 heteroatoms. The quantitative estimate of drug-likeness (QED) is 0.793. The van der Waals surface area contributed by atoms with Crippen molar-refractivity contribution in [1.29, 1.82) is 0 Å². The van der Waals surface area contributed by atoms with Gasteiger partial charge in [-0.15, -0.1) is 0 Å². The lowest BCUT2D eigenvalue weighted by Gasteiger charge is -2.16. The molecule has 140 valence electrons. The number of carbonyl (C=O) groups is 3. The molecule has 0 aromatic heterocycles. The van der Waals surface area contributed by atoms with Gasteiger partial charge < -0.3 is 19.7 Å². The number of amides is 2. The number of esters is 1. The maximum Gasteiger partial charge on any atom is 0.337 e. The highest BCUT2D eigenvalue weighted by molar-refractivity contribution is 5.96. The van der Waals surface area contributed by atoms with Gasteiger partial charge in [0.2, 0.25) is 5.91 Å². The molecule has 1 heterocycles. The number of ether oxygens (including phenoxy) is 2. The molecule has 0 spiro atoms. The summed E-state index contributed by atoms with van der Waals surface area (Å²) in [7, 11) is 1.30. The summed E-state index contributed by atoms with van der Waals surface area (Å²) < 4.78 is 10.2. The number of nitrogens with one attached hydrogen (secondary N) is 1. The van der Waals surface area contributed by atoms with Crippen molar-refractivity contribution in [2.24, 2.45) is 0 Å². The number of carbonyl (C=O) groups excluding carboxylic acids is 3. The third kappa shape index (κ3) is 4.63. The highest BCUT2D eigenvalue weighted by Crippen LogP contribution is 2.25. The fraction of sp³-hybridized carbons (Fsp3) is 0.250. The normalized spacial score (nSPS) is 13.4. The van der Waals surface area contributed by atoms with Gasteiger partial charge >= 0.3 is 5.97 Å². The molecule has 27 heavy (non-hydrogen) atoms. The molecule has 2 amide bonds. The zero-order valence-corrected chi connectivity index (χ0v) is 14.9. The van der Waals surface area contributed by atoms with Gasteiger partial charge in [-0.3, -0.25) is 9.59 Å². The number of benzene rings is 2. The number of methoxy groups -OCH3 is 1. The fourth-order valence-corrected chi connectivity index (χ4v) is 2.85. The molecule has 3 rings (SSSR count). The molecule has 1 N–H and O–H groups in total. The molecule has 1 aliphatic heterocycles. The van der Waals surface area contributed by atoms with Crippen LogP contribution in [0.1, 0.15) is 23.2 Å². The minimum Gasteiger partial charge on any atom is -0.484 e. The van der Waals surface area contributed by atoms with Gasteiger partial charge in [-0.2, -0.15) is 0 Å². The Morgan fingerprint density at radius 1 is 1.15 bits per heavy atom. The van der Waals surface area contributed by atoms with E-state index in [4.69, 9.17) is 4.74 Å². The molecular formula is C20H20N2O5. The topological polar surface area (TPSA) is 84.9 Å². The predicted molar refractivity (Wildman–Crippen MR) is 99.9 cm³/mol. The van der Waals surface area contributed by atoms with Crippen molar-refractivity contribution in [2.75, 3.05) is 30.5 Å². The fourth-order valence-electron chi connectivity index (χ4n) is 2.85. The van der Waals surface area contributed by atoms with Crippen LogP contribution in [0.4, 0.5) is 11.4 Å². The van der Waals surface area contributed by atoms with Crippen molar-refractivity contribution in [2.45, 2.75) is 12.8 Å². The number of rotatable bonds is 6. The lowest BCUT2D eigenvalue weighted by atomic mass is 10.2. The van der Waals surface area contributed by atoms with Crippen LogP contribution in [0.2, 0.25) is 0 Å². The highest BCUT2D eigenvalue weighted by Gasteiger charge is 2.21. The van der Waals surface area contributed by atoms with E-state index in [-0.39, 0.29) is 18.4 Å². The van der Waals surface area contributed by atoms with E-state index < -0.39 is 5.97 Å². The van der Waals surface area contributed by atoms with E-state index in [0.29, 0.717) is 30.0 Å². The lowest BCUT2D eigenvalue weighted by molar-refractivity contribution is -0.118. The van der Waals surface area contributed by atoms with Gasteiger partial charge in [0.25, 0.3) is 5.91 Å². The molecular weight excluding hydrogens is 348 g/mol. The second-order valence-electron chi connectivity index (χ2n) is 6.06. The minimum atomic E-state index is -0.476. The van der Waals surface area contributed by atoms with E-state index in [1.54, 1.807) is 41.3 Å². The molecule has 7 nitrogen and oxygen atoms in total. The largest absolute Gasteiger partial charge is 0.484 e. The van der Waals surface area contributed by atoms with Crippen LogP contribution < -0.4 is 15.0 Å². The molecule has 0 saturated carbocycles. The molecule has 0 unspecified atom stereocenters. The Balaban J connectivity index is 1.58. The average molecular weight is 368 g/mol. The third-order valence-corrected chi connectivity index (χ3v) is 4.14. The van der Waals surface area contributed by atoms with Crippen molar-refractivity contribution in [3.8, 4) is 5.75 Å². The first-order chi connectivity index (χ1) is 13.1. The molecule has 1 saturated heterocycles. The van der Waals surface area contributed by atoms with Gasteiger partial charge in [0, 0.05) is 30.4 Å². The van der Waals surface area contributed by atoms with Crippen LogP contribution in [0, 0.1) is 0 Å². The monoisotopic (exact) mass is 368 g/mol. The van der Waals surface area contributed by atoms with E-state index in [0.717, 1.165) is 12.1 Å². The Morgan fingerprint density at radius 2 is 1.96 bits per heavy atom. The summed E-state index contributed by atoms with van der Waals surface area (Å²) in [6.45, 7) is 0.499. The first kappa shape index (κ1) is 18.4. The molecule has 0 radical (unpaired) electrons. The van der Waals surface area contributed by atoms with Crippen molar-refractivity contribution < 1.29 is 23.9 Å². The summed E-state index contributed by atoms with van der Waals surface area (Å²) in [5.74, 6) is -0.240. The van der Waals surface area contributed by atoms with Gasteiger partial charge in [-0.25, -0.2) is 4.79 Å². The summed E-state index contributed by atoms with van der Waals surface area (Å²) in [5.41, 5.74) is 1.59. The standard InChI is InChI=1S/C20H20N2O5/c1-26-20(25)14-5-2-6-15(11-14)21-18(23)13-27-17-8-3-7-16(12-17)22-10-4-9-19(22)24/h2-3,5-8,11-12H,4,9-10,13H2,1H3,(H,21,23). The van der Waals surface area contributed by atoms with Crippen LogP contribution in [0.15, 0.2) is 48.5 Å². The molecule has 1 aliphatic rings. The molecule has 0 aliphatic carbocycles. The van der Waals surface area contributed by atoms with Crippen LogP contribution in [0.25, 0.3) is 0 Å². The summed E-state index contributed by atoms with van der Waals surface area (Å²) >= 11 is 0. The zero-order valence-electron chi connectivity index (χ0n) is 14.9. The molecule has 2 aromatic carbocycles. The SMILES string of the molecule is COC(=O)c1cccc(NC(=O)COc2cccc(N3CCCC3=O)c2)c1. The highest BCUT2D eigenvalue weighted by atomic mass is 16.5. The van der Waals surface area contributed by atoms with E-state index in [1.807, 2.05) is 6.07 Å². The Hall–Kier alpha value is -3.35. The molecule has 2 aromatic rings. The van der Waals surface area contributed by atoms with Crippen molar-refractivity contribution in [1.82, 2.24) is 0 Å². The van der Waals surface area contributed by atoms with Gasteiger partial charge in [0.1, 0.15) is 5.75 Å². The summed E-state index contributed by atoms with van der Waals surface area (Å²) in [6.07, 6.45) is 1.40. The van der Waals surface area contributed by atoms with Gasteiger partial charge in [-0.05, 0) is 36.8 Å². The van der Waals surface area contributed by atoms with Crippen molar-refractivity contribution >= 4 is 29.2 Å². The van der Waals surface area contributed by atoms with Crippen LogP contribution in [-0.4, -0.2) is 38.0 Å². The number of anilines is 2. The number of hydrogen-bond donors (Lipinski definition) is 1. The van der Waals surface area contributed by atoms with E-state index in [9.17, 15) is 14.4 Å². The summed E-state index contributed by atoms with van der Waals surface area (Å²) in [6, 6.07) is 13.6. The first-order valence-corrected chi connectivity index (χ1v) is 8.58. The zero-order chi connectivity index (χ0) is 19.2. The van der Waals surface area contributed by atoms with Crippen molar-refractivity contribution in [3.05, 3.63) is 54.1 Å². The Labute approximate surface area is 156 Å². The van der Waals surface area contributed by atoms with Crippen LogP contribution in [0.3, 0.4) is 0 Å². The van der Waals surface area contributed by atoms with Crippen molar-refractivity contribution in [3.63, 3.8) is 0 Å². The van der Waals surface area contributed by atoms with Gasteiger partial charge in [0.15, 0.2) is 6.61 Å². The molecule has 0 atom stereocenters. The Kier molecular flexibility index (Phi) is 5.71. The Morgan fingerprint density at radius 3 is 2.70 bits per heavy atom. The van der Waals surface area contributed by atoms with E-state index in [2.05, 4.69) is 10.1 Å². The molecule has 0 bridgehead atoms. The van der Waals surface area contributed by atoms with Crippen LogP contribution in [-0.2, 0) is 14.3 Å². The second kappa shape index (κ2) is 8.35. The minimum absolute atomic E-state index is 0.0929. The maximum atomic E-state index is 12.1. The number of nitrogens with zero attached hydrogens (tertiary/aromatic N) is 1. The van der Waals surface area contributed by atoms with E-state index >= 15 is 0 Å².